The monoisotopic (exact) mass is 323 g/mol. The van der Waals surface area contributed by atoms with E-state index in [9.17, 15) is 4.79 Å². The Labute approximate surface area is 133 Å². The lowest BCUT2D eigenvalue weighted by atomic mass is 10.2. The Morgan fingerprint density at radius 3 is 2.33 bits per heavy atom. The summed E-state index contributed by atoms with van der Waals surface area (Å²) in [6, 6.07) is 12.2. The Hall–Kier alpha value is -1.71. The lowest BCUT2D eigenvalue weighted by Crippen LogP contribution is -2.30. The minimum Gasteiger partial charge on any atom is -0.481 e. The van der Waals surface area contributed by atoms with Gasteiger partial charge in [-0.05, 0) is 61.9 Å². The van der Waals surface area contributed by atoms with Crippen molar-refractivity contribution in [1.82, 2.24) is 0 Å². The zero-order valence-corrected chi connectivity index (χ0v) is 13.2. The molecule has 1 unspecified atom stereocenters. The highest BCUT2D eigenvalue weighted by Gasteiger charge is 2.15. The quantitative estimate of drug-likeness (QED) is 0.885. The number of halogens is 2. The van der Waals surface area contributed by atoms with Gasteiger partial charge in [0.2, 0.25) is 0 Å². The van der Waals surface area contributed by atoms with Crippen LogP contribution in [0, 0.1) is 6.92 Å². The SMILES string of the molecule is Cc1cc(Cl)ccc1NC(=O)C(C)Oc1ccc(Cl)cc1. The van der Waals surface area contributed by atoms with Gasteiger partial charge in [-0.2, -0.15) is 0 Å². The fourth-order valence-corrected chi connectivity index (χ4v) is 2.13. The van der Waals surface area contributed by atoms with Crippen molar-refractivity contribution in [2.75, 3.05) is 5.32 Å². The Bertz CT molecular complexity index is 641. The summed E-state index contributed by atoms with van der Waals surface area (Å²) in [7, 11) is 0. The van der Waals surface area contributed by atoms with Crippen LogP contribution < -0.4 is 10.1 Å². The van der Waals surface area contributed by atoms with Gasteiger partial charge in [0.25, 0.3) is 5.91 Å². The Kier molecular flexibility index (Phi) is 5.10. The number of hydrogen-bond acceptors (Lipinski definition) is 2. The molecule has 0 aliphatic rings. The summed E-state index contributed by atoms with van der Waals surface area (Å²) in [5, 5.41) is 4.08. The van der Waals surface area contributed by atoms with Crippen molar-refractivity contribution in [2.45, 2.75) is 20.0 Å². The van der Waals surface area contributed by atoms with Gasteiger partial charge < -0.3 is 10.1 Å². The van der Waals surface area contributed by atoms with Crippen LogP contribution in [0.2, 0.25) is 10.0 Å². The average Bonchev–Trinajstić information content (AvgIpc) is 2.44. The summed E-state index contributed by atoms with van der Waals surface area (Å²) in [6.45, 7) is 3.57. The van der Waals surface area contributed by atoms with E-state index in [2.05, 4.69) is 5.32 Å². The molecular weight excluding hydrogens is 309 g/mol. The average molecular weight is 324 g/mol. The van der Waals surface area contributed by atoms with Crippen molar-refractivity contribution in [1.29, 1.82) is 0 Å². The Morgan fingerprint density at radius 1 is 1.10 bits per heavy atom. The van der Waals surface area contributed by atoms with Gasteiger partial charge >= 0.3 is 0 Å². The number of ether oxygens (including phenoxy) is 1. The normalized spacial score (nSPS) is 11.8. The van der Waals surface area contributed by atoms with E-state index in [1.807, 2.05) is 6.92 Å². The van der Waals surface area contributed by atoms with Crippen LogP contribution in [0.4, 0.5) is 5.69 Å². The third kappa shape index (κ3) is 4.38. The third-order valence-electron chi connectivity index (χ3n) is 2.94. The number of rotatable bonds is 4. The van der Waals surface area contributed by atoms with Crippen LogP contribution in [0.1, 0.15) is 12.5 Å². The number of carbonyl (C=O) groups is 1. The largest absolute Gasteiger partial charge is 0.481 e. The zero-order valence-electron chi connectivity index (χ0n) is 11.7. The Balaban J connectivity index is 2.00. The highest BCUT2D eigenvalue weighted by molar-refractivity contribution is 6.31. The van der Waals surface area contributed by atoms with Gasteiger partial charge in [-0.15, -0.1) is 0 Å². The molecule has 2 rings (SSSR count). The molecule has 0 aliphatic heterocycles. The van der Waals surface area contributed by atoms with Crippen LogP contribution in [0.15, 0.2) is 42.5 Å². The fraction of sp³-hybridized carbons (Fsp3) is 0.188. The van der Waals surface area contributed by atoms with Crippen molar-refractivity contribution in [3.63, 3.8) is 0 Å². The first kappa shape index (κ1) is 15.7. The van der Waals surface area contributed by atoms with Crippen molar-refractivity contribution in [2.24, 2.45) is 0 Å². The predicted octanol–water partition coefficient (Wildman–Crippen LogP) is 4.71. The Morgan fingerprint density at radius 2 is 1.71 bits per heavy atom. The summed E-state index contributed by atoms with van der Waals surface area (Å²) in [4.78, 5) is 12.1. The van der Waals surface area contributed by atoms with Crippen molar-refractivity contribution in [3.05, 3.63) is 58.1 Å². The van der Waals surface area contributed by atoms with Gasteiger partial charge in [0.15, 0.2) is 6.10 Å². The molecule has 5 heteroatoms. The molecule has 0 aliphatic carbocycles. The van der Waals surface area contributed by atoms with Crippen LogP contribution in [0.3, 0.4) is 0 Å². The molecule has 21 heavy (non-hydrogen) atoms. The lowest BCUT2D eigenvalue weighted by Gasteiger charge is -2.16. The second-order valence-electron chi connectivity index (χ2n) is 4.66. The topological polar surface area (TPSA) is 38.3 Å². The maximum absolute atomic E-state index is 12.1. The van der Waals surface area contributed by atoms with Gasteiger partial charge in [-0.25, -0.2) is 0 Å². The molecule has 3 nitrogen and oxygen atoms in total. The third-order valence-corrected chi connectivity index (χ3v) is 3.43. The van der Waals surface area contributed by atoms with E-state index in [4.69, 9.17) is 27.9 Å². The van der Waals surface area contributed by atoms with Crippen molar-refractivity contribution < 1.29 is 9.53 Å². The second-order valence-corrected chi connectivity index (χ2v) is 5.54. The minimum absolute atomic E-state index is 0.227. The molecule has 110 valence electrons. The smallest absolute Gasteiger partial charge is 0.265 e. The van der Waals surface area contributed by atoms with Crippen LogP contribution in [-0.4, -0.2) is 12.0 Å². The first-order chi connectivity index (χ1) is 9.95. The molecule has 0 heterocycles. The number of anilines is 1. The molecular formula is C16H15Cl2NO2. The first-order valence-electron chi connectivity index (χ1n) is 6.45. The van der Waals surface area contributed by atoms with Crippen LogP contribution in [-0.2, 0) is 4.79 Å². The highest BCUT2D eigenvalue weighted by atomic mass is 35.5. The lowest BCUT2D eigenvalue weighted by molar-refractivity contribution is -0.122. The van der Waals surface area contributed by atoms with E-state index in [0.29, 0.717) is 15.8 Å². The van der Waals surface area contributed by atoms with E-state index >= 15 is 0 Å². The summed E-state index contributed by atoms with van der Waals surface area (Å²) >= 11 is 11.7. The van der Waals surface area contributed by atoms with Gasteiger partial charge in [0.05, 0.1) is 0 Å². The molecule has 0 spiro atoms. The molecule has 0 aromatic heterocycles. The number of carbonyl (C=O) groups excluding carboxylic acids is 1. The molecule has 1 amide bonds. The number of aryl methyl sites for hydroxylation is 1. The number of benzene rings is 2. The minimum atomic E-state index is -0.624. The first-order valence-corrected chi connectivity index (χ1v) is 7.20. The molecule has 0 fully saturated rings. The zero-order chi connectivity index (χ0) is 15.4. The summed E-state index contributed by atoms with van der Waals surface area (Å²) in [5.74, 6) is 0.366. The molecule has 0 saturated carbocycles. The predicted molar refractivity (Wildman–Crippen MR) is 86.4 cm³/mol. The van der Waals surface area contributed by atoms with Gasteiger partial charge in [-0.1, -0.05) is 23.2 Å². The number of hydrogen-bond donors (Lipinski definition) is 1. The standard InChI is InChI=1S/C16H15Cl2NO2/c1-10-9-13(18)5-8-15(10)19-16(20)11(2)21-14-6-3-12(17)4-7-14/h3-9,11H,1-2H3,(H,19,20). The van der Waals surface area contributed by atoms with Crippen LogP contribution in [0.5, 0.6) is 5.75 Å². The maximum Gasteiger partial charge on any atom is 0.265 e. The molecule has 1 atom stereocenters. The molecule has 0 bridgehead atoms. The highest BCUT2D eigenvalue weighted by Crippen LogP contribution is 2.21. The van der Waals surface area contributed by atoms with Gasteiger partial charge in [0, 0.05) is 15.7 Å². The van der Waals surface area contributed by atoms with Crippen molar-refractivity contribution in [3.8, 4) is 5.75 Å². The fourth-order valence-electron chi connectivity index (χ4n) is 1.77. The van der Waals surface area contributed by atoms with Crippen molar-refractivity contribution >= 4 is 34.8 Å². The van der Waals surface area contributed by atoms with Gasteiger partial charge in [-0.3, -0.25) is 4.79 Å². The molecule has 2 aromatic carbocycles. The molecule has 2 aromatic rings. The van der Waals surface area contributed by atoms with Gasteiger partial charge in [0.1, 0.15) is 5.75 Å². The summed E-state index contributed by atoms with van der Waals surface area (Å²) in [5.41, 5.74) is 1.62. The van der Waals surface area contributed by atoms with Crippen LogP contribution in [0.25, 0.3) is 0 Å². The van der Waals surface area contributed by atoms with Crippen LogP contribution >= 0.6 is 23.2 Å². The van der Waals surface area contributed by atoms with E-state index in [1.54, 1.807) is 49.4 Å². The number of nitrogens with one attached hydrogen (secondary N) is 1. The van der Waals surface area contributed by atoms with E-state index in [0.717, 1.165) is 11.3 Å². The molecule has 1 N–H and O–H groups in total. The van der Waals surface area contributed by atoms with E-state index in [-0.39, 0.29) is 5.91 Å². The van der Waals surface area contributed by atoms with E-state index < -0.39 is 6.10 Å². The second kappa shape index (κ2) is 6.83. The summed E-state index contributed by atoms with van der Waals surface area (Å²) < 4.78 is 5.57. The maximum atomic E-state index is 12.1. The number of amides is 1. The molecule has 0 saturated heterocycles. The summed E-state index contributed by atoms with van der Waals surface area (Å²) in [6.07, 6.45) is -0.624. The van der Waals surface area contributed by atoms with E-state index in [1.165, 1.54) is 0 Å². The molecule has 0 radical (unpaired) electrons.